The van der Waals surface area contributed by atoms with E-state index in [2.05, 4.69) is 18.1 Å². The molecule has 2 aromatic carbocycles. The van der Waals surface area contributed by atoms with Crippen molar-refractivity contribution in [1.29, 1.82) is 0 Å². The molecule has 0 fully saturated rings. The number of aromatic nitrogens is 2. The van der Waals surface area contributed by atoms with Gasteiger partial charge in [0.15, 0.2) is 0 Å². The van der Waals surface area contributed by atoms with Crippen molar-refractivity contribution in [2.24, 2.45) is 0 Å². The summed E-state index contributed by atoms with van der Waals surface area (Å²) in [5.41, 5.74) is 2.93. The Morgan fingerprint density at radius 1 is 1.11 bits per heavy atom. The Morgan fingerprint density at radius 2 is 1.79 bits per heavy atom. The van der Waals surface area contributed by atoms with Gasteiger partial charge < -0.3 is 14.2 Å². The number of carbonyl (C=O) groups excluding carboxylic acids is 1. The van der Waals surface area contributed by atoms with Crippen LogP contribution in [0.2, 0.25) is 0 Å². The van der Waals surface area contributed by atoms with Crippen LogP contribution in [0.15, 0.2) is 73.8 Å². The summed E-state index contributed by atoms with van der Waals surface area (Å²) in [4.78, 5) is 19.2. The largest absolute Gasteiger partial charge is 0.486 e. The second kappa shape index (κ2) is 9.04. The molecule has 5 nitrogen and oxygen atoms in total. The highest BCUT2D eigenvalue weighted by Crippen LogP contribution is 2.19. The van der Waals surface area contributed by atoms with E-state index >= 15 is 0 Å². The van der Waals surface area contributed by atoms with Crippen molar-refractivity contribution in [2.75, 3.05) is 13.1 Å². The van der Waals surface area contributed by atoms with Crippen LogP contribution in [0, 0.1) is 6.92 Å². The third-order valence-electron chi connectivity index (χ3n) is 4.47. The van der Waals surface area contributed by atoms with Crippen molar-refractivity contribution in [3.63, 3.8) is 0 Å². The number of ether oxygens (including phenoxy) is 1. The highest BCUT2D eigenvalue weighted by Gasteiger charge is 2.17. The molecule has 1 amide bonds. The molecule has 144 valence electrons. The van der Waals surface area contributed by atoms with Crippen molar-refractivity contribution in [1.82, 2.24) is 14.5 Å². The highest BCUT2D eigenvalue weighted by molar-refractivity contribution is 5.81. The second-order valence-corrected chi connectivity index (χ2v) is 6.58. The van der Waals surface area contributed by atoms with Gasteiger partial charge in [0.25, 0.3) is 0 Å². The van der Waals surface area contributed by atoms with Crippen LogP contribution >= 0.6 is 0 Å². The number of benzene rings is 2. The minimum atomic E-state index is -0.0143. The van der Waals surface area contributed by atoms with E-state index in [9.17, 15) is 4.79 Å². The topological polar surface area (TPSA) is 47.4 Å². The van der Waals surface area contributed by atoms with Gasteiger partial charge in [-0.25, -0.2) is 4.98 Å². The molecule has 0 saturated carbocycles. The standard InChI is InChI=1S/C23H25N3O2/c1-4-14-25(15-5-2)23(27)16-26-21-9-7-6-8-20(21)24-22(26)17-28-19-12-10-18(3)11-13-19/h4-13H,1-2,14-17H2,3H3. The van der Waals surface area contributed by atoms with E-state index in [4.69, 9.17) is 4.74 Å². The maximum absolute atomic E-state index is 12.8. The number of nitrogens with zero attached hydrogens (tertiary/aromatic N) is 3. The van der Waals surface area contributed by atoms with E-state index < -0.39 is 0 Å². The van der Waals surface area contributed by atoms with Gasteiger partial charge in [-0.3, -0.25) is 4.79 Å². The summed E-state index contributed by atoms with van der Waals surface area (Å²) in [5, 5.41) is 0. The van der Waals surface area contributed by atoms with Gasteiger partial charge >= 0.3 is 0 Å². The number of aryl methyl sites for hydroxylation is 1. The molecule has 0 aliphatic rings. The van der Waals surface area contributed by atoms with E-state index in [1.54, 1.807) is 17.1 Å². The number of para-hydroxylation sites is 2. The van der Waals surface area contributed by atoms with E-state index in [0.717, 1.165) is 16.8 Å². The first-order chi connectivity index (χ1) is 13.6. The predicted molar refractivity (Wildman–Crippen MR) is 112 cm³/mol. The zero-order valence-electron chi connectivity index (χ0n) is 16.2. The third kappa shape index (κ3) is 4.49. The normalized spacial score (nSPS) is 10.6. The van der Waals surface area contributed by atoms with Crippen LogP contribution in [-0.2, 0) is 17.9 Å². The molecule has 0 atom stereocenters. The van der Waals surface area contributed by atoms with E-state index in [-0.39, 0.29) is 19.1 Å². The Labute approximate surface area is 165 Å². The molecule has 1 aromatic heterocycles. The molecule has 0 aliphatic carbocycles. The molecular weight excluding hydrogens is 350 g/mol. The number of hydrogen-bond donors (Lipinski definition) is 0. The molecule has 0 bridgehead atoms. The first kappa shape index (κ1) is 19.4. The molecule has 0 saturated heterocycles. The molecular formula is C23H25N3O2. The molecule has 3 aromatic rings. The van der Waals surface area contributed by atoms with Gasteiger partial charge in [-0.05, 0) is 31.2 Å². The first-order valence-corrected chi connectivity index (χ1v) is 9.25. The number of fused-ring (bicyclic) bond motifs is 1. The second-order valence-electron chi connectivity index (χ2n) is 6.58. The van der Waals surface area contributed by atoms with Crippen LogP contribution in [0.25, 0.3) is 11.0 Å². The fraction of sp³-hybridized carbons (Fsp3) is 0.217. The van der Waals surface area contributed by atoms with Gasteiger partial charge in [0.2, 0.25) is 5.91 Å². The summed E-state index contributed by atoms with van der Waals surface area (Å²) in [6.45, 7) is 10.9. The Bertz CT molecular complexity index is 963. The van der Waals surface area contributed by atoms with Crippen molar-refractivity contribution < 1.29 is 9.53 Å². The summed E-state index contributed by atoms with van der Waals surface area (Å²) < 4.78 is 7.84. The minimum absolute atomic E-state index is 0.0143. The lowest BCUT2D eigenvalue weighted by molar-refractivity contribution is -0.130. The molecule has 1 heterocycles. The van der Waals surface area contributed by atoms with Gasteiger partial charge in [-0.2, -0.15) is 0 Å². The van der Waals surface area contributed by atoms with Crippen LogP contribution in [0.5, 0.6) is 5.75 Å². The Balaban J connectivity index is 1.85. The summed E-state index contributed by atoms with van der Waals surface area (Å²) in [7, 11) is 0. The molecule has 3 rings (SSSR count). The number of hydrogen-bond acceptors (Lipinski definition) is 3. The summed E-state index contributed by atoms with van der Waals surface area (Å²) in [6.07, 6.45) is 3.43. The van der Waals surface area contributed by atoms with Crippen LogP contribution in [0.3, 0.4) is 0 Å². The van der Waals surface area contributed by atoms with E-state index in [0.29, 0.717) is 18.9 Å². The van der Waals surface area contributed by atoms with Crippen molar-refractivity contribution >= 4 is 16.9 Å². The Kier molecular flexibility index (Phi) is 6.27. The van der Waals surface area contributed by atoms with E-state index in [1.165, 1.54) is 5.56 Å². The predicted octanol–water partition coefficient (Wildman–Crippen LogP) is 4.12. The fourth-order valence-corrected chi connectivity index (χ4v) is 3.02. The van der Waals surface area contributed by atoms with Gasteiger partial charge in [-0.1, -0.05) is 42.0 Å². The van der Waals surface area contributed by atoms with Gasteiger partial charge in [0.05, 0.1) is 11.0 Å². The van der Waals surface area contributed by atoms with E-state index in [1.807, 2.05) is 60.0 Å². The van der Waals surface area contributed by atoms with Crippen LogP contribution in [0.1, 0.15) is 11.4 Å². The van der Waals surface area contributed by atoms with Gasteiger partial charge in [0, 0.05) is 13.1 Å². The molecule has 0 aliphatic heterocycles. The van der Waals surface area contributed by atoms with Crippen LogP contribution in [-0.4, -0.2) is 33.4 Å². The smallest absolute Gasteiger partial charge is 0.243 e. The number of carbonyl (C=O) groups is 1. The minimum Gasteiger partial charge on any atom is -0.486 e. The summed E-state index contributed by atoms with van der Waals surface area (Å²) in [6, 6.07) is 15.7. The lowest BCUT2D eigenvalue weighted by atomic mass is 10.2. The van der Waals surface area contributed by atoms with Crippen molar-refractivity contribution in [2.45, 2.75) is 20.1 Å². The maximum Gasteiger partial charge on any atom is 0.243 e. The molecule has 0 spiro atoms. The summed E-state index contributed by atoms with van der Waals surface area (Å²) >= 11 is 0. The highest BCUT2D eigenvalue weighted by atomic mass is 16.5. The number of rotatable bonds is 9. The molecule has 5 heteroatoms. The lowest BCUT2D eigenvalue weighted by Gasteiger charge is -2.20. The van der Waals surface area contributed by atoms with Gasteiger partial charge in [0.1, 0.15) is 24.7 Å². The zero-order valence-corrected chi connectivity index (χ0v) is 16.2. The molecule has 28 heavy (non-hydrogen) atoms. The third-order valence-corrected chi connectivity index (χ3v) is 4.47. The Hall–Kier alpha value is -3.34. The fourth-order valence-electron chi connectivity index (χ4n) is 3.02. The maximum atomic E-state index is 12.8. The monoisotopic (exact) mass is 375 g/mol. The van der Waals surface area contributed by atoms with Gasteiger partial charge in [-0.15, -0.1) is 13.2 Å². The Morgan fingerprint density at radius 3 is 2.46 bits per heavy atom. The zero-order chi connectivity index (χ0) is 19.9. The first-order valence-electron chi connectivity index (χ1n) is 9.25. The average molecular weight is 375 g/mol. The lowest BCUT2D eigenvalue weighted by Crippen LogP contribution is -2.34. The average Bonchev–Trinajstić information content (AvgIpc) is 3.05. The van der Waals surface area contributed by atoms with Crippen LogP contribution < -0.4 is 4.74 Å². The molecule has 0 N–H and O–H groups in total. The number of amides is 1. The molecule has 0 radical (unpaired) electrons. The molecule has 0 unspecified atom stereocenters. The quantitative estimate of drug-likeness (QED) is 0.529. The van der Waals surface area contributed by atoms with Crippen molar-refractivity contribution in [3.05, 3.63) is 85.2 Å². The van der Waals surface area contributed by atoms with Crippen molar-refractivity contribution in [3.8, 4) is 5.75 Å². The van der Waals surface area contributed by atoms with Crippen LogP contribution in [0.4, 0.5) is 0 Å². The SMILES string of the molecule is C=CCN(CC=C)C(=O)Cn1c(COc2ccc(C)cc2)nc2ccccc21. The summed E-state index contributed by atoms with van der Waals surface area (Å²) in [5.74, 6) is 1.47. The number of imidazole rings is 1.